The Kier molecular flexibility index (Phi) is 5.08. The Balaban J connectivity index is 5.13. The van der Waals surface area contributed by atoms with Gasteiger partial charge in [0.2, 0.25) is 6.10 Å². The highest BCUT2D eigenvalue weighted by Crippen LogP contribution is 2.20. The quantitative estimate of drug-likeness (QED) is 0.400. The Bertz CT molecular complexity index is 398. The summed E-state index contributed by atoms with van der Waals surface area (Å²) in [6, 6.07) is 0. The standard InChI is InChI=1S/C7H9F3O6S/c1-3-15-6(12)4(16-17(2,13)14)5(11)7(8,9)10/h4H,3H2,1-2H3. The maximum atomic E-state index is 12.0. The van der Waals surface area contributed by atoms with Crippen LogP contribution in [0.1, 0.15) is 6.92 Å². The molecule has 1 atom stereocenters. The van der Waals surface area contributed by atoms with Gasteiger partial charge < -0.3 is 4.74 Å². The van der Waals surface area contributed by atoms with E-state index in [9.17, 15) is 31.2 Å². The van der Waals surface area contributed by atoms with Crippen LogP contribution in [0.2, 0.25) is 0 Å². The zero-order valence-corrected chi connectivity index (χ0v) is 9.59. The Labute approximate surface area is 94.8 Å². The first-order chi connectivity index (χ1) is 7.49. The molecule has 0 fully saturated rings. The van der Waals surface area contributed by atoms with E-state index in [4.69, 9.17) is 0 Å². The Morgan fingerprint density at radius 1 is 1.29 bits per heavy atom. The van der Waals surface area contributed by atoms with Gasteiger partial charge in [0.1, 0.15) is 0 Å². The van der Waals surface area contributed by atoms with Gasteiger partial charge in [-0.05, 0) is 6.92 Å². The van der Waals surface area contributed by atoms with Crippen LogP contribution >= 0.6 is 0 Å². The molecule has 0 bridgehead atoms. The summed E-state index contributed by atoms with van der Waals surface area (Å²) in [5.41, 5.74) is 0. The number of rotatable bonds is 5. The summed E-state index contributed by atoms with van der Waals surface area (Å²) in [6.45, 7) is 0.945. The fraction of sp³-hybridized carbons (Fsp3) is 0.714. The first-order valence-corrected chi connectivity index (χ1v) is 5.96. The second-order valence-electron chi connectivity index (χ2n) is 2.79. The van der Waals surface area contributed by atoms with Crippen LogP contribution in [0.25, 0.3) is 0 Å². The van der Waals surface area contributed by atoms with Gasteiger partial charge in [0.15, 0.2) is 0 Å². The normalized spacial score (nSPS) is 14.2. The third-order valence-electron chi connectivity index (χ3n) is 1.29. The molecule has 100 valence electrons. The minimum Gasteiger partial charge on any atom is -0.464 e. The molecule has 6 nitrogen and oxygen atoms in total. The van der Waals surface area contributed by atoms with E-state index in [-0.39, 0.29) is 6.61 Å². The molecule has 0 aliphatic carbocycles. The lowest BCUT2D eigenvalue weighted by Crippen LogP contribution is -2.43. The molecule has 0 rings (SSSR count). The van der Waals surface area contributed by atoms with Crippen molar-refractivity contribution in [2.75, 3.05) is 12.9 Å². The van der Waals surface area contributed by atoms with Crippen molar-refractivity contribution >= 4 is 21.9 Å². The molecule has 0 aliphatic heterocycles. The summed E-state index contributed by atoms with van der Waals surface area (Å²) < 4.78 is 65.3. The number of Topliss-reactive ketones (excluding diaryl/α,β-unsaturated/α-hetero) is 1. The molecule has 0 aromatic carbocycles. The second-order valence-corrected chi connectivity index (χ2v) is 4.40. The lowest BCUT2D eigenvalue weighted by Gasteiger charge is -2.15. The van der Waals surface area contributed by atoms with Crippen molar-refractivity contribution in [3.8, 4) is 0 Å². The van der Waals surface area contributed by atoms with Crippen LogP contribution in [0, 0.1) is 0 Å². The van der Waals surface area contributed by atoms with Crippen molar-refractivity contribution in [2.45, 2.75) is 19.2 Å². The van der Waals surface area contributed by atoms with E-state index in [1.807, 2.05) is 0 Å². The molecule has 0 aromatic heterocycles. The number of carbonyl (C=O) groups excluding carboxylic acids is 2. The number of ether oxygens (including phenoxy) is 1. The van der Waals surface area contributed by atoms with E-state index in [0.717, 1.165) is 0 Å². The van der Waals surface area contributed by atoms with Gasteiger partial charge in [0.25, 0.3) is 15.9 Å². The van der Waals surface area contributed by atoms with Crippen molar-refractivity contribution in [3.63, 3.8) is 0 Å². The molecule has 0 amide bonds. The van der Waals surface area contributed by atoms with Gasteiger partial charge >= 0.3 is 12.1 Å². The van der Waals surface area contributed by atoms with Crippen molar-refractivity contribution in [1.29, 1.82) is 0 Å². The Morgan fingerprint density at radius 2 is 1.76 bits per heavy atom. The second kappa shape index (κ2) is 5.45. The number of ketones is 1. The fourth-order valence-corrected chi connectivity index (χ4v) is 1.25. The monoisotopic (exact) mass is 278 g/mol. The zero-order valence-electron chi connectivity index (χ0n) is 8.78. The van der Waals surface area contributed by atoms with E-state index in [0.29, 0.717) is 6.26 Å². The lowest BCUT2D eigenvalue weighted by atomic mass is 10.2. The predicted molar refractivity (Wildman–Crippen MR) is 47.4 cm³/mol. The molecule has 0 heterocycles. The van der Waals surface area contributed by atoms with E-state index < -0.39 is 34.2 Å². The number of carbonyl (C=O) groups is 2. The first-order valence-electron chi connectivity index (χ1n) is 4.15. The summed E-state index contributed by atoms with van der Waals surface area (Å²) in [6.07, 6.45) is -7.85. The molecule has 0 radical (unpaired) electrons. The van der Waals surface area contributed by atoms with E-state index >= 15 is 0 Å². The number of hydrogen-bond acceptors (Lipinski definition) is 6. The average molecular weight is 278 g/mol. The maximum Gasteiger partial charge on any atom is 0.453 e. The smallest absolute Gasteiger partial charge is 0.453 e. The van der Waals surface area contributed by atoms with E-state index in [1.54, 1.807) is 0 Å². The molecule has 0 N–H and O–H groups in total. The lowest BCUT2D eigenvalue weighted by molar-refractivity contribution is -0.184. The molecular formula is C7H9F3O6S. The topological polar surface area (TPSA) is 86.7 Å². The highest BCUT2D eigenvalue weighted by atomic mass is 32.2. The molecule has 10 heteroatoms. The number of alkyl halides is 3. The van der Waals surface area contributed by atoms with Gasteiger partial charge in [-0.1, -0.05) is 0 Å². The molecule has 0 spiro atoms. The summed E-state index contributed by atoms with van der Waals surface area (Å²) in [4.78, 5) is 21.7. The molecule has 0 aromatic rings. The van der Waals surface area contributed by atoms with Crippen LogP contribution < -0.4 is 0 Å². The predicted octanol–water partition coefficient (Wildman–Crippen LogP) is 0.0257. The molecule has 0 aliphatic rings. The third-order valence-corrected chi connectivity index (χ3v) is 1.83. The van der Waals surface area contributed by atoms with Crippen molar-refractivity contribution in [3.05, 3.63) is 0 Å². The Hall–Kier alpha value is -1.16. The SMILES string of the molecule is CCOC(=O)C(OS(C)(=O)=O)C(=O)C(F)(F)F. The first kappa shape index (κ1) is 15.8. The van der Waals surface area contributed by atoms with Gasteiger partial charge in [-0.25, -0.2) is 8.98 Å². The molecule has 1 unspecified atom stereocenters. The van der Waals surface area contributed by atoms with E-state index in [2.05, 4.69) is 8.92 Å². The van der Waals surface area contributed by atoms with Crippen LogP contribution in [-0.2, 0) is 28.6 Å². The van der Waals surface area contributed by atoms with Gasteiger partial charge in [-0.2, -0.15) is 21.6 Å². The highest BCUT2D eigenvalue weighted by molar-refractivity contribution is 7.86. The highest BCUT2D eigenvalue weighted by Gasteiger charge is 2.49. The Morgan fingerprint density at radius 3 is 2.06 bits per heavy atom. The van der Waals surface area contributed by atoms with Crippen LogP contribution in [0.5, 0.6) is 0 Å². The van der Waals surface area contributed by atoms with Gasteiger partial charge in [-0.15, -0.1) is 0 Å². The van der Waals surface area contributed by atoms with Crippen LogP contribution in [-0.4, -0.2) is 45.3 Å². The minimum atomic E-state index is -5.40. The fourth-order valence-electron chi connectivity index (χ4n) is 0.731. The van der Waals surface area contributed by atoms with Crippen LogP contribution in [0.15, 0.2) is 0 Å². The van der Waals surface area contributed by atoms with Crippen molar-refractivity contribution in [2.24, 2.45) is 0 Å². The summed E-state index contributed by atoms with van der Waals surface area (Å²) in [5, 5.41) is 0. The molecule has 0 saturated heterocycles. The van der Waals surface area contributed by atoms with Crippen molar-refractivity contribution < 1.29 is 40.1 Å². The number of halogens is 3. The van der Waals surface area contributed by atoms with Crippen molar-refractivity contribution in [1.82, 2.24) is 0 Å². The largest absolute Gasteiger partial charge is 0.464 e. The summed E-state index contributed by atoms with van der Waals surface area (Å²) in [5.74, 6) is -4.35. The average Bonchev–Trinajstić information content (AvgIpc) is 2.10. The van der Waals surface area contributed by atoms with E-state index in [1.165, 1.54) is 6.92 Å². The number of hydrogen-bond donors (Lipinski definition) is 0. The van der Waals surface area contributed by atoms with Gasteiger partial charge in [0.05, 0.1) is 12.9 Å². The summed E-state index contributed by atoms with van der Waals surface area (Å²) in [7, 11) is -4.41. The molecule has 0 saturated carbocycles. The van der Waals surface area contributed by atoms with Gasteiger partial charge in [-0.3, -0.25) is 4.79 Å². The zero-order chi connectivity index (χ0) is 13.9. The molecule has 17 heavy (non-hydrogen) atoms. The van der Waals surface area contributed by atoms with Gasteiger partial charge in [0, 0.05) is 0 Å². The third kappa shape index (κ3) is 5.63. The van der Waals surface area contributed by atoms with Crippen LogP contribution in [0.4, 0.5) is 13.2 Å². The van der Waals surface area contributed by atoms with Crippen LogP contribution in [0.3, 0.4) is 0 Å². The number of esters is 1. The minimum absolute atomic E-state index is 0.326. The molecular weight excluding hydrogens is 269 g/mol. The summed E-state index contributed by atoms with van der Waals surface area (Å²) >= 11 is 0. The maximum absolute atomic E-state index is 12.0.